The molecular formula is C20H21N3OS. The van der Waals surface area contributed by atoms with E-state index < -0.39 is 5.41 Å². The van der Waals surface area contributed by atoms with Gasteiger partial charge in [0, 0.05) is 33.3 Å². The van der Waals surface area contributed by atoms with Crippen LogP contribution in [-0.4, -0.2) is 10.9 Å². The lowest BCUT2D eigenvalue weighted by Gasteiger charge is -2.17. The SMILES string of the molecule is CC(C)(C)C(=O)Nc1ccc(-c2csc(-c3ccccc3N)n2)cc1. The highest BCUT2D eigenvalue weighted by Crippen LogP contribution is 2.32. The quantitative estimate of drug-likeness (QED) is 0.649. The van der Waals surface area contributed by atoms with Crippen molar-refractivity contribution < 1.29 is 4.79 Å². The molecule has 0 bridgehead atoms. The van der Waals surface area contributed by atoms with E-state index in [4.69, 9.17) is 10.7 Å². The fourth-order valence-corrected chi connectivity index (χ4v) is 3.14. The van der Waals surface area contributed by atoms with Gasteiger partial charge in [-0.1, -0.05) is 45.0 Å². The van der Waals surface area contributed by atoms with Gasteiger partial charge >= 0.3 is 0 Å². The Morgan fingerprint density at radius 2 is 1.76 bits per heavy atom. The van der Waals surface area contributed by atoms with Gasteiger partial charge in [0.1, 0.15) is 5.01 Å². The van der Waals surface area contributed by atoms with Crippen LogP contribution in [-0.2, 0) is 4.79 Å². The summed E-state index contributed by atoms with van der Waals surface area (Å²) in [6.45, 7) is 5.67. The smallest absolute Gasteiger partial charge is 0.229 e. The first-order valence-corrected chi connectivity index (χ1v) is 8.95. The van der Waals surface area contributed by atoms with Crippen LogP contribution in [0.3, 0.4) is 0 Å². The molecule has 0 radical (unpaired) electrons. The summed E-state index contributed by atoms with van der Waals surface area (Å²) in [5.74, 6) is -0.00394. The van der Waals surface area contributed by atoms with Crippen molar-refractivity contribution in [3.05, 3.63) is 53.9 Å². The Hall–Kier alpha value is -2.66. The van der Waals surface area contributed by atoms with Gasteiger partial charge in [0.25, 0.3) is 0 Å². The lowest BCUT2D eigenvalue weighted by molar-refractivity contribution is -0.123. The third-order valence-electron chi connectivity index (χ3n) is 3.82. The van der Waals surface area contributed by atoms with Crippen LogP contribution >= 0.6 is 11.3 Å². The monoisotopic (exact) mass is 351 g/mol. The van der Waals surface area contributed by atoms with Crippen molar-refractivity contribution in [1.29, 1.82) is 0 Å². The van der Waals surface area contributed by atoms with Gasteiger partial charge < -0.3 is 11.1 Å². The molecule has 0 saturated heterocycles. The summed E-state index contributed by atoms with van der Waals surface area (Å²) in [6, 6.07) is 15.4. The van der Waals surface area contributed by atoms with Crippen molar-refractivity contribution in [3.8, 4) is 21.8 Å². The Morgan fingerprint density at radius 3 is 2.40 bits per heavy atom. The standard InChI is InChI=1S/C20H21N3OS/c1-20(2,3)19(24)22-14-10-8-13(9-11-14)17-12-25-18(23-17)15-6-4-5-7-16(15)21/h4-12H,21H2,1-3H3,(H,22,24). The molecular weight excluding hydrogens is 330 g/mol. The first-order valence-electron chi connectivity index (χ1n) is 8.07. The molecule has 4 nitrogen and oxygen atoms in total. The highest BCUT2D eigenvalue weighted by atomic mass is 32.1. The molecule has 0 atom stereocenters. The zero-order valence-corrected chi connectivity index (χ0v) is 15.4. The molecule has 3 rings (SSSR count). The number of aromatic nitrogens is 1. The van der Waals surface area contributed by atoms with Crippen LogP contribution in [0.25, 0.3) is 21.8 Å². The van der Waals surface area contributed by atoms with Gasteiger partial charge in [-0.15, -0.1) is 11.3 Å². The molecule has 128 valence electrons. The van der Waals surface area contributed by atoms with E-state index in [-0.39, 0.29) is 5.91 Å². The number of carbonyl (C=O) groups is 1. The van der Waals surface area contributed by atoms with Crippen LogP contribution in [0.4, 0.5) is 11.4 Å². The van der Waals surface area contributed by atoms with E-state index in [2.05, 4.69) is 5.32 Å². The second-order valence-electron chi connectivity index (χ2n) is 6.91. The van der Waals surface area contributed by atoms with Crippen LogP contribution in [0.5, 0.6) is 0 Å². The van der Waals surface area contributed by atoms with E-state index in [1.165, 1.54) is 0 Å². The number of hydrogen-bond acceptors (Lipinski definition) is 4. The second-order valence-corrected chi connectivity index (χ2v) is 7.76. The average Bonchev–Trinajstić information content (AvgIpc) is 3.05. The number of para-hydroxylation sites is 1. The summed E-state index contributed by atoms with van der Waals surface area (Å²) in [5.41, 5.74) is 9.98. The number of hydrogen-bond donors (Lipinski definition) is 2. The van der Waals surface area contributed by atoms with E-state index in [9.17, 15) is 4.79 Å². The summed E-state index contributed by atoms with van der Waals surface area (Å²) in [6.07, 6.45) is 0. The summed E-state index contributed by atoms with van der Waals surface area (Å²) >= 11 is 1.57. The summed E-state index contributed by atoms with van der Waals surface area (Å²) in [5, 5.41) is 5.85. The number of nitrogen functional groups attached to an aromatic ring is 1. The summed E-state index contributed by atoms with van der Waals surface area (Å²) in [4.78, 5) is 16.7. The third kappa shape index (κ3) is 3.88. The van der Waals surface area contributed by atoms with Gasteiger partial charge in [0.2, 0.25) is 5.91 Å². The minimum absolute atomic E-state index is 0.00394. The van der Waals surface area contributed by atoms with Crippen LogP contribution in [0.2, 0.25) is 0 Å². The molecule has 0 aliphatic carbocycles. The number of benzene rings is 2. The molecule has 1 heterocycles. The first kappa shape index (κ1) is 17.2. The maximum absolute atomic E-state index is 12.0. The second kappa shape index (κ2) is 6.69. The Kier molecular flexibility index (Phi) is 4.59. The molecule has 5 heteroatoms. The normalized spacial score (nSPS) is 11.3. The minimum atomic E-state index is -0.419. The number of nitrogens with zero attached hydrogens (tertiary/aromatic N) is 1. The van der Waals surface area contributed by atoms with Crippen molar-refractivity contribution in [2.75, 3.05) is 11.1 Å². The molecule has 0 aliphatic heterocycles. The minimum Gasteiger partial charge on any atom is -0.398 e. The predicted molar refractivity (Wildman–Crippen MR) is 105 cm³/mol. The zero-order valence-electron chi connectivity index (χ0n) is 14.5. The van der Waals surface area contributed by atoms with Crippen molar-refractivity contribution in [2.45, 2.75) is 20.8 Å². The predicted octanol–water partition coefficient (Wildman–Crippen LogP) is 5.04. The molecule has 0 fully saturated rings. The van der Waals surface area contributed by atoms with E-state index in [0.29, 0.717) is 0 Å². The molecule has 0 spiro atoms. The number of nitrogens with one attached hydrogen (secondary N) is 1. The summed E-state index contributed by atoms with van der Waals surface area (Å²) < 4.78 is 0. The van der Waals surface area contributed by atoms with Crippen LogP contribution in [0.1, 0.15) is 20.8 Å². The first-order chi connectivity index (χ1) is 11.8. The van der Waals surface area contributed by atoms with Crippen molar-refractivity contribution in [1.82, 2.24) is 4.98 Å². The number of rotatable bonds is 3. The van der Waals surface area contributed by atoms with Gasteiger partial charge in [-0.2, -0.15) is 0 Å². The van der Waals surface area contributed by atoms with Crippen molar-refractivity contribution in [3.63, 3.8) is 0 Å². The zero-order chi connectivity index (χ0) is 18.0. The third-order valence-corrected chi connectivity index (χ3v) is 4.69. The topological polar surface area (TPSA) is 68.0 Å². The molecule has 25 heavy (non-hydrogen) atoms. The van der Waals surface area contributed by atoms with Gasteiger partial charge in [-0.3, -0.25) is 4.79 Å². The Bertz CT molecular complexity index is 892. The Morgan fingerprint density at radius 1 is 1.08 bits per heavy atom. The molecule has 0 saturated carbocycles. The average molecular weight is 351 g/mol. The van der Waals surface area contributed by atoms with Crippen LogP contribution in [0.15, 0.2) is 53.9 Å². The van der Waals surface area contributed by atoms with E-state index in [1.54, 1.807) is 11.3 Å². The fourth-order valence-electron chi connectivity index (χ4n) is 2.26. The highest BCUT2D eigenvalue weighted by molar-refractivity contribution is 7.13. The Labute approximate surface area is 151 Å². The number of anilines is 2. The maximum Gasteiger partial charge on any atom is 0.229 e. The van der Waals surface area contributed by atoms with Crippen molar-refractivity contribution in [2.24, 2.45) is 5.41 Å². The molecule has 3 N–H and O–H groups in total. The Balaban J connectivity index is 1.80. The molecule has 0 unspecified atom stereocenters. The van der Waals surface area contributed by atoms with Crippen LogP contribution in [0, 0.1) is 5.41 Å². The lowest BCUT2D eigenvalue weighted by Crippen LogP contribution is -2.27. The molecule has 0 aliphatic rings. The lowest BCUT2D eigenvalue weighted by atomic mass is 9.95. The van der Waals surface area contributed by atoms with E-state index >= 15 is 0 Å². The van der Waals surface area contributed by atoms with Gasteiger partial charge in [-0.05, 0) is 24.3 Å². The highest BCUT2D eigenvalue weighted by Gasteiger charge is 2.21. The van der Waals surface area contributed by atoms with Gasteiger partial charge in [0.15, 0.2) is 0 Å². The largest absolute Gasteiger partial charge is 0.398 e. The fraction of sp³-hybridized carbons (Fsp3) is 0.200. The van der Waals surface area contributed by atoms with E-state index in [0.717, 1.165) is 33.2 Å². The maximum atomic E-state index is 12.0. The summed E-state index contributed by atoms with van der Waals surface area (Å²) in [7, 11) is 0. The van der Waals surface area contributed by atoms with Gasteiger partial charge in [-0.25, -0.2) is 4.98 Å². The number of amides is 1. The molecule has 3 aromatic rings. The van der Waals surface area contributed by atoms with Crippen LogP contribution < -0.4 is 11.1 Å². The molecule has 1 aromatic heterocycles. The number of carbonyl (C=O) groups excluding carboxylic acids is 1. The molecule has 1 amide bonds. The number of thiazole rings is 1. The van der Waals surface area contributed by atoms with Gasteiger partial charge in [0.05, 0.1) is 5.69 Å². The van der Waals surface area contributed by atoms with E-state index in [1.807, 2.05) is 74.7 Å². The molecule has 2 aromatic carbocycles. The van der Waals surface area contributed by atoms with Crippen molar-refractivity contribution >= 4 is 28.6 Å². The number of nitrogens with two attached hydrogens (primary N) is 1.